The third-order valence-corrected chi connectivity index (χ3v) is 4.45. The van der Waals surface area contributed by atoms with E-state index in [9.17, 15) is 9.90 Å². The molecule has 0 aliphatic carbocycles. The minimum Gasteiger partial charge on any atom is -0.481 e. The minimum absolute atomic E-state index is 0.490. The maximum absolute atomic E-state index is 11.9. The fraction of sp³-hybridized carbons (Fsp3) is 0.562. The van der Waals surface area contributed by atoms with Crippen molar-refractivity contribution in [1.29, 1.82) is 0 Å². The van der Waals surface area contributed by atoms with Crippen molar-refractivity contribution >= 4 is 5.97 Å². The van der Waals surface area contributed by atoms with Crippen molar-refractivity contribution < 1.29 is 9.90 Å². The molecule has 0 radical (unpaired) electrons. The smallest absolute Gasteiger partial charge is 0.314 e. The molecule has 3 heteroatoms. The molecule has 0 amide bonds. The summed E-state index contributed by atoms with van der Waals surface area (Å²) in [4.78, 5) is 14.2. The Morgan fingerprint density at radius 1 is 1.26 bits per heavy atom. The first-order valence-electron chi connectivity index (χ1n) is 7.01. The number of piperidine rings is 1. The number of carboxylic acids is 1. The fourth-order valence-electron chi connectivity index (χ4n) is 3.13. The largest absolute Gasteiger partial charge is 0.481 e. The monoisotopic (exact) mass is 261 g/mol. The number of hydrogen-bond acceptors (Lipinski definition) is 2. The van der Waals surface area contributed by atoms with E-state index in [0.717, 1.165) is 24.2 Å². The Morgan fingerprint density at radius 3 is 2.32 bits per heavy atom. The number of likely N-dealkylation sites (tertiary alicyclic amines) is 1. The van der Waals surface area contributed by atoms with Crippen molar-refractivity contribution in [3.63, 3.8) is 0 Å². The second-order valence-electron chi connectivity index (χ2n) is 5.83. The van der Waals surface area contributed by atoms with E-state index in [0.29, 0.717) is 18.9 Å². The first-order chi connectivity index (χ1) is 8.97. The van der Waals surface area contributed by atoms with Gasteiger partial charge in [-0.1, -0.05) is 24.3 Å². The molecule has 0 atom stereocenters. The highest BCUT2D eigenvalue weighted by Gasteiger charge is 2.44. The molecule has 1 heterocycles. The number of hydrogen-bond donors (Lipinski definition) is 1. The molecule has 0 spiro atoms. The van der Waals surface area contributed by atoms with Gasteiger partial charge in [0.05, 0.1) is 5.41 Å². The lowest BCUT2D eigenvalue weighted by Crippen LogP contribution is -2.49. The molecule has 1 aliphatic heterocycles. The van der Waals surface area contributed by atoms with Gasteiger partial charge in [0.1, 0.15) is 0 Å². The molecule has 1 aromatic carbocycles. The van der Waals surface area contributed by atoms with Crippen LogP contribution in [0.1, 0.15) is 37.8 Å². The number of benzene rings is 1. The second-order valence-corrected chi connectivity index (χ2v) is 5.83. The summed E-state index contributed by atoms with van der Waals surface area (Å²) < 4.78 is 0. The highest BCUT2D eigenvalue weighted by atomic mass is 16.4. The Morgan fingerprint density at radius 2 is 1.84 bits per heavy atom. The Bertz CT molecular complexity index is 460. The topological polar surface area (TPSA) is 40.5 Å². The third-order valence-electron chi connectivity index (χ3n) is 4.45. The molecular formula is C16H23NO2. The molecule has 0 aromatic heterocycles. The summed E-state index contributed by atoms with van der Waals surface area (Å²) in [5.74, 6) is -0.676. The van der Waals surface area contributed by atoms with E-state index in [-0.39, 0.29) is 0 Å². The van der Waals surface area contributed by atoms with Crippen LogP contribution in [-0.2, 0) is 10.2 Å². The van der Waals surface area contributed by atoms with Crippen LogP contribution in [0.4, 0.5) is 0 Å². The first-order valence-corrected chi connectivity index (χ1v) is 7.01. The Kier molecular flexibility index (Phi) is 3.95. The van der Waals surface area contributed by atoms with Gasteiger partial charge < -0.3 is 10.0 Å². The van der Waals surface area contributed by atoms with Gasteiger partial charge in [-0.05, 0) is 57.8 Å². The summed E-state index contributed by atoms with van der Waals surface area (Å²) in [7, 11) is 0. The summed E-state index contributed by atoms with van der Waals surface area (Å²) in [6.07, 6.45) is 1.40. The molecule has 1 aromatic rings. The fourth-order valence-corrected chi connectivity index (χ4v) is 3.13. The van der Waals surface area contributed by atoms with Crippen molar-refractivity contribution in [2.24, 2.45) is 0 Å². The van der Waals surface area contributed by atoms with Gasteiger partial charge in [0.25, 0.3) is 0 Å². The van der Waals surface area contributed by atoms with Crippen LogP contribution in [0.3, 0.4) is 0 Å². The maximum Gasteiger partial charge on any atom is 0.314 e. The highest BCUT2D eigenvalue weighted by molar-refractivity contribution is 5.82. The quantitative estimate of drug-likeness (QED) is 0.909. The highest BCUT2D eigenvalue weighted by Crippen LogP contribution is 2.38. The lowest BCUT2D eigenvalue weighted by Gasteiger charge is -2.41. The second kappa shape index (κ2) is 5.33. The van der Waals surface area contributed by atoms with Gasteiger partial charge in [-0.2, -0.15) is 0 Å². The standard InChI is InChI=1S/C16H23NO2/c1-12(2)17-10-8-16(9-11-17,15(18)19)14-7-5-4-6-13(14)3/h4-7,12H,8-11H2,1-3H3,(H,18,19). The van der Waals surface area contributed by atoms with Crippen LogP contribution >= 0.6 is 0 Å². The van der Waals surface area contributed by atoms with Gasteiger partial charge in [-0.25, -0.2) is 0 Å². The first kappa shape index (κ1) is 14.1. The van der Waals surface area contributed by atoms with Crippen molar-refractivity contribution in [2.45, 2.75) is 45.1 Å². The molecule has 1 saturated heterocycles. The van der Waals surface area contributed by atoms with Crippen molar-refractivity contribution in [2.75, 3.05) is 13.1 Å². The predicted octanol–water partition coefficient (Wildman–Crippen LogP) is 2.82. The van der Waals surface area contributed by atoms with Gasteiger partial charge in [0, 0.05) is 6.04 Å². The van der Waals surface area contributed by atoms with Crippen LogP contribution < -0.4 is 0 Å². The zero-order valence-electron chi connectivity index (χ0n) is 12.0. The van der Waals surface area contributed by atoms with E-state index in [1.807, 2.05) is 31.2 Å². The van der Waals surface area contributed by atoms with Crippen molar-refractivity contribution in [3.05, 3.63) is 35.4 Å². The maximum atomic E-state index is 11.9. The van der Waals surface area contributed by atoms with E-state index in [1.54, 1.807) is 0 Å². The zero-order chi connectivity index (χ0) is 14.0. The molecule has 104 valence electrons. The predicted molar refractivity (Wildman–Crippen MR) is 76.4 cm³/mol. The molecule has 2 rings (SSSR count). The van der Waals surface area contributed by atoms with Crippen LogP contribution in [0.15, 0.2) is 24.3 Å². The van der Waals surface area contributed by atoms with Crippen LogP contribution in [0.5, 0.6) is 0 Å². The van der Waals surface area contributed by atoms with Crippen LogP contribution in [0.2, 0.25) is 0 Å². The van der Waals surface area contributed by atoms with Crippen LogP contribution in [-0.4, -0.2) is 35.1 Å². The summed E-state index contributed by atoms with van der Waals surface area (Å²) in [5, 5.41) is 9.77. The minimum atomic E-state index is -0.698. The van der Waals surface area contributed by atoms with E-state index in [2.05, 4.69) is 18.7 Å². The van der Waals surface area contributed by atoms with E-state index < -0.39 is 11.4 Å². The van der Waals surface area contributed by atoms with Gasteiger partial charge in [-0.15, -0.1) is 0 Å². The molecular weight excluding hydrogens is 238 g/mol. The zero-order valence-corrected chi connectivity index (χ0v) is 12.0. The number of aliphatic carboxylic acids is 1. The summed E-state index contributed by atoms with van der Waals surface area (Å²) >= 11 is 0. The number of carboxylic acid groups (broad SMARTS) is 1. The van der Waals surface area contributed by atoms with E-state index in [4.69, 9.17) is 0 Å². The molecule has 1 aliphatic rings. The molecule has 0 saturated carbocycles. The van der Waals surface area contributed by atoms with E-state index in [1.165, 1.54) is 0 Å². The van der Waals surface area contributed by atoms with Crippen LogP contribution in [0.25, 0.3) is 0 Å². The van der Waals surface area contributed by atoms with Gasteiger partial charge in [0.2, 0.25) is 0 Å². The Labute approximate surface area is 115 Å². The Hall–Kier alpha value is -1.35. The lowest BCUT2D eigenvalue weighted by atomic mass is 9.71. The summed E-state index contributed by atoms with van der Waals surface area (Å²) in [6.45, 7) is 8.06. The average molecular weight is 261 g/mol. The molecule has 1 N–H and O–H groups in total. The average Bonchev–Trinajstić information content (AvgIpc) is 2.39. The molecule has 3 nitrogen and oxygen atoms in total. The van der Waals surface area contributed by atoms with E-state index >= 15 is 0 Å². The number of rotatable bonds is 3. The number of carbonyl (C=O) groups is 1. The third kappa shape index (κ3) is 2.52. The van der Waals surface area contributed by atoms with Crippen LogP contribution in [0, 0.1) is 6.92 Å². The van der Waals surface area contributed by atoms with Gasteiger partial charge in [-0.3, -0.25) is 4.79 Å². The summed E-state index contributed by atoms with van der Waals surface area (Å²) in [5.41, 5.74) is 1.38. The van der Waals surface area contributed by atoms with Crippen molar-refractivity contribution in [1.82, 2.24) is 4.90 Å². The Balaban J connectivity index is 2.32. The molecule has 0 unspecified atom stereocenters. The van der Waals surface area contributed by atoms with Gasteiger partial charge >= 0.3 is 5.97 Å². The molecule has 0 bridgehead atoms. The normalized spacial score (nSPS) is 19.6. The van der Waals surface area contributed by atoms with Gasteiger partial charge in [0.15, 0.2) is 0 Å². The summed E-state index contributed by atoms with van der Waals surface area (Å²) in [6, 6.07) is 8.40. The molecule has 19 heavy (non-hydrogen) atoms. The number of aryl methyl sites for hydroxylation is 1. The number of nitrogens with zero attached hydrogens (tertiary/aromatic N) is 1. The van der Waals surface area contributed by atoms with Crippen molar-refractivity contribution in [3.8, 4) is 0 Å². The molecule has 1 fully saturated rings. The SMILES string of the molecule is Cc1ccccc1C1(C(=O)O)CCN(C(C)C)CC1. The lowest BCUT2D eigenvalue weighted by molar-refractivity contribution is -0.146.